The molecule has 0 aliphatic carbocycles. The number of nitrogens with two attached hydrogens (primary N) is 1. The second-order valence-electron chi connectivity index (χ2n) is 4.61. The Labute approximate surface area is 108 Å². The van der Waals surface area contributed by atoms with Crippen molar-refractivity contribution in [1.29, 1.82) is 0 Å². The number of rotatable bonds is 4. The van der Waals surface area contributed by atoms with Crippen LogP contribution < -0.4 is 5.73 Å². The fraction of sp³-hybridized carbons (Fsp3) is 0.500. The van der Waals surface area contributed by atoms with E-state index in [1.807, 2.05) is 13.8 Å². The van der Waals surface area contributed by atoms with Crippen molar-refractivity contribution in [2.24, 2.45) is 5.92 Å². The zero-order valence-corrected chi connectivity index (χ0v) is 11.8. The van der Waals surface area contributed by atoms with E-state index in [9.17, 15) is 8.42 Å². The molecule has 0 radical (unpaired) electrons. The molecule has 17 heavy (non-hydrogen) atoms. The van der Waals surface area contributed by atoms with E-state index in [-0.39, 0.29) is 16.9 Å². The van der Waals surface area contributed by atoms with Crippen LogP contribution in [0.5, 0.6) is 0 Å². The first-order valence-corrected chi connectivity index (χ1v) is 7.59. The average Bonchev–Trinajstić information content (AvgIpc) is 2.22. The number of sulfone groups is 1. The molecule has 0 aromatic heterocycles. The zero-order chi connectivity index (χ0) is 13.2. The number of nitrogen functional groups attached to an aromatic ring is 1. The Bertz CT molecular complexity index is 497. The summed E-state index contributed by atoms with van der Waals surface area (Å²) in [6.45, 7) is 5.54. The molecule has 0 spiro atoms. The number of hydrogen-bond acceptors (Lipinski definition) is 3. The van der Waals surface area contributed by atoms with E-state index in [0.29, 0.717) is 16.3 Å². The minimum absolute atomic E-state index is 0.00765. The van der Waals surface area contributed by atoms with Crippen LogP contribution in [0.25, 0.3) is 0 Å². The Hall–Kier alpha value is -0.740. The average molecular weight is 276 g/mol. The van der Waals surface area contributed by atoms with Crippen LogP contribution in [-0.4, -0.2) is 13.7 Å². The molecule has 96 valence electrons. The Kier molecular flexibility index (Phi) is 4.44. The molecular formula is C12H18ClNO2S. The standard InChI is InChI=1S/C12H18ClNO2S/c1-8(2)9(3)17(15,16)7-10-4-5-11(13)12(14)6-10/h4-6,8-9H,7,14H2,1-3H3. The molecule has 0 amide bonds. The molecule has 1 unspecified atom stereocenters. The van der Waals surface area contributed by atoms with Gasteiger partial charge in [0.1, 0.15) is 0 Å². The highest BCUT2D eigenvalue weighted by atomic mass is 35.5. The van der Waals surface area contributed by atoms with E-state index in [2.05, 4.69) is 0 Å². The molecule has 0 saturated heterocycles. The van der Waals surface area contributed by atoms with E-state index in [4.69, 9.17) is 17.3 Å². The Balaban J connectivity index is 2.94. The van der Waals surface area contributed by atoms with Gasteiger partial charge in [0.2, 0.25) is 0 Å². The molecule has 0 aliphatic rings. The lowest BCUT2D eigenvalue weighted by Gasteiger charge is -2.16. The minimum atomic E-state index is -3.14. The second-order valence-corrected chi connectivity index (χ2v) is 7.38. The Morgan fingerprint density at radius 1 is 1.29 bits per heavy atom. The van der Waals surface area contributed by atoms with Crippen LogP contribution in [0.15, 0.2) is 18.2 Å². The summed E-state index contributed by atoms with van der Waals surface area (Å²) in [5, 5.41) is 0.0856. The van der Waals surface area contributed by atoms with E-state index in [1.54, 1.807) is 25.1 Å². The number of anilines is 1. The molecule has 0 saturated carbocycles. The summed E-state index contributed by atoms with van der Waals surface area (Å²) >= 11 is 5.79. The van der Waals surface area contributed by atoms with Gasteiger partial charge in [-0.3, -0.25) is 0 Å². The van der Waals surface area contributed by atoms with Crippen molar-refractivity contribution in [2.75, 3.05) is 5.73 Å². The van der Waals surface area contributed by atoms with Crippen LogP contribution in [-0.2, 0) is 15.6 Å². The van der Waals surface area contributed by atoms with E-state index in [1.165, 1.54) is 0 Å². The third-order valence-corrected chi connectivity index (χ3v) is 5.69. The fourth-order valence-corrected chi connectivity index (χ4v) is 3.32. The van der Waals surface area contributed by atoms with E-state index < -0.39 is 9.84 Å². The van der Waals surface area contributed by atoms with Gasteiger partial charge in [-0.15, -0.1) is 0 Å². The topological polar surface area (TPSA) is 60.2 Å². The maximum absolute atomic E-state index is 12.1. The fourth-order valence-electron chi connectivity index (χ4n) is 1.46. The van der Waals surface area contributed by atoms with Crippen molar-refractivity contribution in [3.05, 3.63) is 28.8 Å². The van der Waals surface area contributed by atoms with Crippen molar-refractivity contribution < 1.29 is 8.42 Å². The third-order valence-electron chi connectivity index (χ3n) is 2.93. The van der Waals surface area contributed by atoms with Crippen molar-refractivity contribution >= 4 is 27.1 Å². The van der Waals surface area contributed by atoms with Crippen LogP contribution in [0.2, 0.25) is 5.02 Å². The monoisotopic (exact) mass is 275 g/mol. The quantitative estimate of drug-likeness (QED) is 0.860. The Morgan fingerprint density at radius 3 is 2.35 bits per heavy atom. The van der Waals surface area contributed by atoms with E-state index >= 15 is 0 Å². The molecule has 1 aromatic carbocycles. The van der Waals surface area contributed by atoms with Crippen LogP contribution >= 0.6 is 11.6 Å². The first kappa shape index (κ1) is 14.3. The number of hydrogen-bond donors (Lipinski definition) is 1. The molecule has 2 N–H and O–H groups in total. The maximum atomic E-state index is 12.1. The van der Waals surface area contributed by atoms with Gasteiger partial charge in [-0.1, -0.05) is 31.5 Å². The van der Waals surface area contributed by atoms with Gasteiger partial charge in [0.05, 0.1) is 21.7 Å². The predicted molar refractivity (Wildman–Crippen MR) is 72.8 cm³/mol. The lowest BCUT2D eigenvalue weighted by molar-refractivity contribution is 0.545. The smallest absolute Gasteiger partial charge is 0.157 e. The molecule has 0 bridgehead atoms. The van der Waals surface area contributed by atoms with Crippen molar-refractivity contribution in [1.82, 2.24) is 0 Å². The van der Waals surface area contributed by atoms with Gasteiger partial charge in [-0.05, 0) is 30.5 Å². The minimum Gasteiger partial charge on any atom is -0.398 e. The maximum Gasteiger partial charge on any atom is 0.157 e. The predicted octanol–water partition coefficient (Wildman–Crippen LogP) is 2.88. The second kappa shape index (κ2) is 5.27. The number of halogens is 1. The van der Waals surface area contributed by atoms with Gasteiger partial charge >= 0.3 is 0 Å². The summed E-state index contributed by atoms with van der Waals surface area (Å²) in [5.41, 5.74) is 6.74. The molecule has 1 aromatic rings. The van der Waals surface area contributed by atoms with Crippen molar-refractivity contribution in [2.45, 2.75) is 31.8 Å². The first-order chi connectivity index (χ1) is 7.74. The SMILES string of the molecule is CC(C)C(C)S(=O)(=O)Cc1ccc(Cl)c(N)c1. The van der Waals surface area contributed by atoms with Gasteiger partial charge < -0.3 is 5.73 Å². The summed E-state index contributed by atoms with van der Waals surface area (Å²) < 4.78 is 24.1. The number of benzene rings is 1. The van der Waals surface area contributed by atoms with Crippen LogP contribution in [0.1, 0.15) is 26.3 Å². The molecule has 3 nitrogen and oxygen atoms in total. The van der Waals surface area contributed by atoms with Crippen LogP contribution in [0.3, 0.4) is 0 Å². The van der Waals surface area contributed by atoms with Gasteiger partial charge in [0.15, 0.2) is 9.84 Å². The molecule has 1 atom stereocenters. The third kappa shape index (κ3) is 3.61. The highest BCUT2D eigenvalue weighted by molar-refractivity contribution is 7.91. The van der Waals surface area contributed by atoms with Gasteiger partial charge in [0, 0.05) is 0 Å². The van der Waals surface area contributed by atoms with Crippen molar-refractivity contribution in [3.63, 3.8) is 0 Å². The largest absolute Gasteiger partial charge is 0.398 e. The zero-order valence-electron chi connectivity index (χ0n) is 10.3. The summed E-state index contributed by atoms with van der Waals surface area (Å²) in [5.74, 6) is 0.109. The molecule has 0 heterocycles. The van der Waals surface area contributed by atoms with Crippen molar-refractivity contribution in [3.8, 4) is 0 Å². The van der Waals surface area contributed by atoms with Gasteiger partial charge in [-0.2, -0.15) is 0 Å². The van der Waals surface area contributed by atoms with E-state index in [0.717, 1.165) is 0 Å². The lowest BCUT2D eigenvalue weighted by atomic mass is 10.2. The summed E-state index contributed by atoms with van der Waals surface area (Å²) in [6, 6.07) is 4.94. The lowest BCUT2D eigenvalue weighted by Crippen LogP contribution is -2.24. The van der Waals surface area contributed by atoms with Crippen LogP contribution in [0, 0.1) is 5.92 Å². The summed E-state index contributed by atoms with van der Waals surface area (Å²) in [6.07, 6.45) is 0. The molecule has 0 aliphatic heterocycles. The normalized spacial score (nSPS) is 13.9. The van der Waals surface area contributed by atoms with Crippen LogP contribution in [0.4, 0.5) is 5.69 Å². The molecule has 1 rings (SSSR count). The van der Waals surface area contributed by atoms with Gasteiger partial charge in [0.25, 0.3) is 0 Å². The summed E-state index contributed by atoms with van der Waals surface area (Å²) in [7, 11) is -3.14. The highest BCUT2D eigenvalue weighted by Crippen LogP contribution is 2.23. The first-order valence-electron chi connectivity index (χ1n) is 5.49. The molecule has 5 heteroatoms. The van der Waals surface area contributed by atoms with Gasteiger partial charge in [-0.25, -0.2) is 8.42 Å². The summed E-state index contributed by atoms with van der Waals surface area (Å²) in [4.78, 5) is 0. The highest BCUT2D eigenvalue weighted by Gasteiger charge is 2.24. The Morgan fingerprint density at radius 2 is 1.88 bits per heavy atom. The molecular weight excluding hydrogens is 258 g/mol. The molecule has 0 fully saturated rings.